The number of nitrogens with zero attached hydrogens (tertiary/aromatic N) is 1. The molecule has 4 nitrogen and oxygen atoms in total. The van der Waals surface area contributed by atoms with E-state index >= 15 is 0 Å². The predicted molar refractivity (Wildman–Crippen MR) is 187 cm³/mol. The van der Waals surface area contributed by atoms with Crippen molar-refractivity contribution >= 4 is 10.1 Å². The zero-order chi connectivity index (χ0) is 31.2. The Bertz CT molecular complexity index is 603. The van der Waals surface area contributed by atoms with Crippen LogP contribution in [0, 0.1) is 0 Å². The molecule has 0 fully saturated rings. The minimum Gasteiger partial charge on any atom is -0.298 e. The summed E-state index contributed by atoms with van der Waals surface area (Å²) in [6.45, 7) is 9.99. The van der Waals surface area contributed by atoms with Crippen molar-refractivity contribution in [1.82, 2.24) is 4.90 Å². The summed E-state index contributed by atoms with van der Waals surface area (Å²) in [5.74, 6) is -0.125. The van der Waals surface area contributed by atoms with E-state index in [2.05, 4.69) is 32.6 Å². The molecule has 0 aliphatic heterocycles. The van der Waals surface area contributed by atoms with E-state index in [1.54, 1.807) is 0 Å². The van der Waals surface area contributed by atoms with E-state index in [1.165, 1.54) is 180 Å². The third-order valence-corrected chi connectivity index (χ3v) is 10.2. The maximum Gasteiger partial charge on any atom is 0.264 e. The van der Waals surface area contributed by atoms with E-state index in [0.717, 1.165) is 6.54 Å². The molecule has 0 aromatic carbocycles. The van der Waals surface area contributed by atoms with Gasteiger partial charge < -0.3 is 0 Å². The molecule has 5 heteroatoms. The Morgan fingerprint density at radius 2 is 0.714 bits per heavy atom. The van der Waals surface area contributed by atoms with Crippen molar-refractivity contribution in [2.45, 2.75) is 226 Å². The van der Waals surface area contributed by atoms with Crippen LogP contribution in [0.3, 0.4) is 0 Å². The van der Waals surface area contributed by atoms with E-state index in [9.17, 15) is 13.0 Å². The van der Waals surface area contributed by atoms with Crippen molar-refractivity contribution < 1.29 is 13.0 Å². The van der Waals surface area contributed by atoms with Crippen molar-refractivity contribution in [2.75, 3.05) is 12.3 Å². The van der Waals surface area contributed by atoms with Crippen LogP contribution in [0.15, 0.2) is 0 Å². The molecule has 0 rings (SSSR count). The monoisotopic (exact) mass is 616 g/mol. The number of unbranched alkanes of at least 4 members (excludes halogenated alkanes) is 24. The third kappa shape index (κ3) is 29.9. The second-order valence-corrected chi connectivity index (χ2v) is 15.2. The van der Waals surface area contributed by atoms with Gasteiger partial charge in [0.1, 0.15) is 0 Å². The Hall–Kier alpha value is -0.130. The van der Waals surface area contributed by atoms with Crippen molar-refractivity contribution in [3.63, 3.8) is 0 Å². The van der Waals surface area contributed by atoms with Crippen LogP contribution in [0.5, 0.6) is 0 Å². The average Bonchev–Trinajstić information content (AvgIpc) is 2.95. The van der Waals surface area contributed by atoms with Crippen LogP contribution < -0.4 is 0 Å². The van der Waals surface area contributed by atoms with Crippen molar-refractivity contribution in [2.24, 2.45) is 0 Å². The molecule has 0 heterocycles. The molecule has 0 aliphatic rings. The Morgan fingerprint density at radius 3 is 0.976 bits per heavy atom. The summed E-state index contributed by atoms with van der Waals surface area (Å²) in [7, 11) is -3.88. The lowest BCUT2D eigenvalue weighted by Gasteiger charge is -2.35. The van der Waals surface area contributed by atoms with Crippen LogP contribution in [0.2, 0.25) is 0 Å². The van der Waals surface area contributed by atoms with Gasteiger partial charge in [-0.05, 0) is 39.7 Å². The van der Waals surface area contributed by atoms with Gasteiger partial charge in [0.25, 0.3) is 10.1 Å². The summed E-state index contributed by atoms with van der Waals surface area (Å²) in [4.78, 5) is 2.53. The molecule has 0 saturated heterocycles. The zero-order valence-corrected chi connectivity index (χ0v) is 30.0. The van der Waals surface area contributed by atoms with Gasteiger partial charge in [0.05, 0.1) is 5.75 Å². The van der Waals surface area contributed by atoms with Gasteiger partial charge in [0.2, 0.25) is 0 Å². The first-order chi connectivity index (χ1) is 20.3. The molecule has 0 aromatic heterocycles. The molecular formula is C37H77NO3S. The van der Waals surface area contributed by atoms with Gasteiger partial charge >= 0.3 is 0 Å². The highest BCUT2D eigenvalue weighted by Gasteiger charge is 2.20. The first-order valence-corrected chi connectivity index (χ1v) is 20.6. The van der Waals surface area contributed by atoms with E-state index < -0.39 is 10.1 Å². The summed E-state index contributed by atoms with van der Waals surface area (Å²) in [5.41, 5.74) is 0. The van der Waals surface area contributed by atoms with E-state index in [4.69, 9.17) is 0 Å². The summed E-state index contributed by atoms with van der Waals surface area (Å²) in [6.07, 6.45) is 38.8. The lowest BCUT2D eigenvalue weighted by molar-refractivity contribution is 0.135. The molecule has 0 aromatic rings. The van der Waals surface area contributed by atoms with Crippen LogP contribution >= 0.6 is 0 Å². The highest BCUT2D eigenvalue weighted by molar-refractivity contribution is 7.85. The van der Waals surface area contributed by atoms with Crippen molar-refractivity contribution in [3.8, 4) is 0 Å². The lowest BCUT2D eigenvalue weighted by Crippen LogP contribution is -2.41. The Labute approximate surface area is 265 Å². The fourth-order valence-corrected chi connectivity index (χ4v) is 7.05. The number of hydrogen-bond acceptors (Lipinski definition) is 3. The van der Waals surface area contributed by atoms with Gasteiger partial charge in [0.15, 0.2) is 0 Å². The molecule has 0 aliphatic carbocycles. The summed E-state index contributed by atoms with van der Waals surface area (Å²) in [6, 6.07) is 0.937. The van der Waals surface area contributed by atoms with Gasteiger partial charge in [-0.25, -0.2) is 0 Å². The lowest BCUT2D eigenvalue weighted by atomic mass is 10.0. The van der Waals surface area contributed by atoms with Gasteiger partial charge in [-0.3, -0.25) is 9.45 Å². The van der Waals surface area contributed by atoms with Crippen LogP contribution in [0.4, 0.5) is 0 Å². The van der Waals surface area contributed by atoms with Crippen LogP contribution in [-0.2, 0) is 10.1 Å². The Kier molecular flexibility index (Phi) is 30.8. The Morgan fingerprint density at radius 1 is 0.452 bits per heavy atom. The summed E-state index contributed by atoms with van der Waals surface area (Å²) >= 11 is 0. The first kappa shape index (κ1) is 41.9. The fourth-order valence-electron chi connectivity index (χ4n) is 6.55. The van der Waals surface area contributed by atoms with E-state index in [1.807, 2.05) is 0 Å². The maximum atomic E-state index is 11.3. The normalized spacial score (nSPS) is 13.7. The molecule has 0 radical (unpaired) electrons. The minimum atomic E-state index is -3.88. The van der Waals surface area contributed by atoms with E-state index in [0.29, 0.717) is 18.5 Å². The molecule has 0 spiro atoms. The van der Waals surface area contributed by atoms with Crippen LogP contribution in [0.25, 0.3) is 0 Å². The fraction of sp³-hybridized carbons (Fsp3) is 1.00. The topological polar surface area (TPSA) is 57.6 Å². The summed E-state index contributed by atoms with van der Waals surface area (Å²) in [5, 5.41) is 0. The zero-order valence-electron chi connectivity index (χ0n) is 29.2. The highest BCUT2D eigenvalue weighted by Crippen LogP contribution is 2.20. The smallest absolute Gasteiger partial charge is 0.264 e. The second-order valence-electron chi connectivity index (χ2n) is 13.6. The molecule has 0 bridgehead atoms. The second kappa shape index (κ2) is 30.9. The van der Waals surface area contributed by atoms with Crippen LogP contribution in [-0.4, -0.2) is 42.3 Å². The molecule has 0 amide bonds. The van der Waals surface area contributed by atoms with Gasteiger partial charge in [0, 0.05) is 12.1 Å². The van der Waals surface area contributed by atoms with E-state index in [-0.39, 0.29) is 5.75 Å². The third-order valence-electron chi connectivity index (χ3n) is 9.40. The maximum absolute atomic E-state index is 11.3. The quantitative estimate of drug-likeness (QED) is 0.0578. The summed E-state index contributed by atoms with van der Waals surface area (Å²) < 4.78 is 31.8. The Balaban J connectivity index is 4.06. The van der Waals surface area contributed by atoms with Crippen molar-refractivity contribution in [1.29, 1.82) is 0 Å². The number of hydrogen-bond donors (Lipinski definition) is 1. The molecule has 254 valence electrons. The molecule has 42 heavy (non-hydrogen) atoms. The molecule has 0 saturated carbocycles. The molecule has 2 atom stereocenters. The largest absolute Gasteiger partial charge is 0.298 e. The van der Waals surface area contributed by atoms with Gasteiger partial charge in [-0.15, -0.1) is 0 Å². The van der Waals surface area contributed by atoms with Gasteiger partial charge in [-0.2, -0.15) is 8.42 Å². The first-order valence-electron chi connectivity index (χ1n) is 19.0. The number of rotatable bonds is 34. The standard InChI is InChI=1S/C37H77NO3S/c1-5-7-9-11-13-15-17-19-21-23-25-27-29-32-36(3)38(34-31-35-42(39,40)41)37(4)33-30-28-26-24-22-20-18-16-14-12-10-8-6-2/h36-37H,5-35H2,1-4H3,(H,39,40,41). The van der Waals surface area contributed by atoms with Crippen LogP contribution in [0.1, 0.15) is 214 Å². The van der Waals surface area contributed by atoms with Gasteiger partial charge in [-0.1, -0.05) is 181 Å². The predicted octanol–water partition coefficient (Wildman–Crippen LogP) is 12.3. The molecule has 1 N–H and O–H groups in total. The highest BCUT2D eigenvalue weighted by atomic mass is 32.2. The average molecular weight is 616 g/mol. The molecular weight excluding hydrogens is 538 g/mol. The molecule has 2 unspecified atom stereocenters. The SMILES string of the molecule is CCCCCCCCCCCCCCCC(C)N(CCCS(=O)(=O)O)C(C)CCCCCCCCCCCCCCC. The van der Waals surface area contributed by atoms with Crippen molar-refractivity contribution in [3.05, 3.63) is 0 Å². The minimum absolute atomic E-state index is 0.125.